The van der Waals surface area contributed by atoms with Crippen molar-refractivity contribution in [2.45, 2.75) is 35.8 Å². The van der Waals surface area contributed by atoms with E-state index in [0.717, 1.165) is 4.34 Å². The second-order valence-corrected chi connectivity index (χ2v) is 6.59. The van der Waals surface area contributed by atoms with Gasteiger partial charge in [0.1, 0.15) is 16.1 Å². The number of thioether (sulfide) groups is 1. The molecule has 2 rings (SSSR count). The molecule has 2 atom stereocenters. The maximum absolute atomic E-state index is 12.2. The Morgan fingerprint density at radius 2 is 2.47 bits per heavy atom. The zero-order valence-corrected chi connectivity index (χ0v) is 12.6. The smallest absolute Gasteiger partial charge is 0.273 e. The third kappa shape index (κ3) is 2.94. The molecule has 7 heteroatoms. The average molecular weight is 302 g/mol. The van der Waals surface area contributed by atoms with E-state index in [-0.39, 0.29) is 12.5 Å². The van der Waals surface area contributed by atoms with Gasteiger partial charge in [0.25, 0.3) is 5.91 Å². The molecule has 0 spiro atoms. The summed E-state index contributed by atoms with van der Waals surface area (Å²) >= 11 is 2.94. The van der Waals surface area contributed by atoms with E-state index in [1.54, 1.807) is 10.3 Å². The fourth-order valence-corrected chi connectivity index (χ4v) is 3.41. The van der Waals surface area contributed by atoms with Crippen molar-refractivity contribution in [2.24, 2.45) is 0 Å². The number of carbonyl (C=O) groups is 1. The molecule has 1 saturated heterocycles. The van der Waals surface area contributed by atoms with Crippen molar-refractivity contribution in [2.75, 3.05) is 19.3 Å². The van der Waals surface area contributed by atoms with Gasteiger partial charge in [-0.2, -0.15) is 0 Å². The van der Waals surface area contributed by atoms with E-state index in [9.17, 15) is 15.0 Å². The first-order valence-corrected chi connectivity index (χ1v) is 8.30. The lowest BCUT2D eigenvalue weighted by Crippen LogP contribution is -2.56. The number of amides is 1. The van der Waals surface area contributed by atoms with Gasteiger partial charge in [0.05, 0.1) is 5.60 Å². The number of β-amino-alcohol motifs (C(OH)–C–C–N with tert-alkyl or cyclic N) is 1. The summed E-state index contributed by atoms with van der Waals surface area (Å²) in [5.74, 6) is -0.172. The van der Waals surface area contributed by atoms with E-state index in [4.69, 9.17) is 0 Å². The second-order valence-electron chi connectivity index (χ2n) is 4.68. The van der Waals surface area contributed by atoms with Crippen LogP contribution in [0.2, 0.25) is 0 Å². The first-order chi connectivity index (χ1) is 9.00. The van der Waals surface area contributed by atoms with Crippen LogP contribution in [0.5, 0.6) is 0 Å². The first-order valence-electron chi connectivity index (χ1n) is 6.19. The zero-order chi connectivity index (χ0) is 14.0. The van der Waals surface area contributed by atoms with Gasteiger partial charge in [-0.25, -0.2) is 4.98 Å². The SMILES string of the molecule is CC[C@@]1(O)CCN(C(=O)c2csc(SC)n2)C[C@H]1O. The molecular weight excluding hydrogens is 284 g/mol. The van der Waals surface area contributed by atoms with Crippen LogP contribution in [-0.2, 0) is 0 Å². The highest BCUT2D eigenvalue weighted by Crippen LogP contribution is 2.27. The van der Waals surface area contributed by atoms with Gasteiger partial charge in [0.2, 0.25) is 0 Å². The highest BCUT2D eigenvalue weighted by atomic mass is 32.2. The van der Waals surface area contributed by atoms with Crippen LogP contribution in [0.15, 0.2) is 9.72 Å². The van der Waals surface area contributed by atoms with E-state index in [1.807, 2.05) is 13.2 Å². The van der Waals surface area contributed by atoms with Crippen molar-refractivity contribution >= 4 is 29.0 Å². The summed E-state index contributed by atoms with van der Waals surface area (Å²) in [5, 5.41) is 21.9. The number of aromatic nitrogens is 1. The quantitative estimate of drug-likeness (QED) is 0.821. The summed E-state index contributed by atoms with van der Waals surface area (Å²) in [6.45, 7) is 2.45. The van der Waals surface area contributed by atoms with Gasteiger partial charge in [-0.15, -0.1) is 11.3 Å². The topological polar surface area (TPSA) is 73.7 Å². The predicted octanol–water partition coefficient (Wildman–Crippen LogP) is 1.21. The van der Waals surface area contributed by atoms with Gasteiger partial charge in [-0.1, -0.05) is 18.7 Å². The Balaban J connectivity index is 2.06. The largest absolute Gasteiger partial charge is 0.388 e. The lowest BCUT2D eigenvalue weighted by atomic mass is 9.86. The monoisotopic (exact) mass is 302 g/mol. The molecule has 1 aliphatic rings. The third-order valence-corrected chi connectivity index (χ3v) is 5.47. The molecule has 0 saturated carbocycles. The van der Waals surface area contributed by atoms with E-state index >= 15 is 0 Å². The Morgan fingerprint density at radius 3 is 3.00 bits per heavy atom. The molecule has 106 valence electrons. The number of carbonyl (C=O) groups excluding carboxylic acids is 1. The summed E-state index contributed by atoms with van der Waals surface area (Å²) in [6, 6.07) is 0. The number of rotatable bonds is 3. The normalized spacial score (nSPS) is 27.6. The van der Waals surface area contributed by atoms with Crippen molar-refractivity contribution in [1.29, 1.82) is 0 Å². The Kier molecular flexibility index (Phi) is 4.50. The predicted molar refractivity (Wildman–Crippen MR) is 75.7 cm³/mol. The highest BCUT2D eigenvalue weighted by molar-refractivity contribution is 8.00. The van der Waals surface area contributed by atoms with Crippen molar-refractivity contribution in [3.05, 3.63) is 11.1 Å². The molecule has 5 nitrogen and oxygen atoms in total. The van der Waals surface area contributed by atoms with E-state index in [2.05, 4.69) is 4.98 Å². The molecule has 1 fully saturated rings. The molecule has 0 unspecified atom stereocenters. The van der Waals surface area contributed by atoms with Gasteiger partial charge >= 0.3 is 0 Å². The lowest BCUT2D eigenvalue weighted by Gasteiger charge is -2.41. The van der Waals surface area contributed by atoms with Gasteiger partial charge in [-0.3, -0.25) is 4.79 Å². The minimum atomic E-state index is -1.07. The number of thiazole rings is 1. The van der Waals surface area contributed by atoms with E-state index < -0.39 is 11.7 Å². The Bertz CT molecular complexity index is 466. The standard InChI is InChI=1S/C12H18N2O3S2/c1-3-12(17)4-5-14(6-9(12)15)10(16)8-7-19-11(13-8)18-2/h7,9,15,17H,3-6H2,1-2H3/t9-,12-/m1/s1. The summed E-state index contributed by atoms with van der Waals surface area (Å²) in [6.07, 6.45) is 1.91. The van der Waals surface area contributed by atoms with Gasteiger partial charge in [0, 0.05) is 18.5 Å². The summed E-state index contributed by atoms with van der Waals surface area (Å²) in [5.41, 5.74) is -0.646. The average Bonchev–Trinajstić information content (AvgIpc) is 2.90. The number of nitrogens with zero attached hydrogens (tertiary/aromatic N) is 2. The van der Waals surface area contributed by atoms with Crippen molar-refractivity contribution < 1.29 is 15.0 Å². The van der Waals surface area contributed by atoms with Gasteiger partial charge in [0.15, 0.2) is 0 Å². The van der Waals surface area contributed by atoms with Crippen LogP contribution in [0.25, 0.3) is 0 Å². The van der Waals surface area contributed by atoms with E-state index in [0.29, 0.717) is 25.1 Å². The molecule has 0 bridgehead atoms. The van der Waals surface area contributed by atoms with E-state index in [1.165, 1.54) is 23.1 Å². The maximum Gasteiger partial charge on any atom is 0.273 e. The van der Waals surface area contributed by atoms with Crippen LogP contribution >= 0.6 is 23.1 Å². The number of hydrogen-bond donors (Lipinski definition) is 2. The second kappa shape index (κ2) is 5.78. The van der Waals surface area contributed by atoms with Gasteiger partial charge < -0.3 is 15.1 Å². The minimum Gasteiger partial charge on any atom is -0.388 e. The van der Waals surface area contributed by atoms with Crippen LogP contribution in [0.1, 0.15) is 30.3 Å². The number of piperidine rings is 1. The number of aliphatic hydroxyl groups is 2. The first kappa shape index (κ1) is 14.8. The Morgan fingerprint density at radius 1 is 1.74 bits per heavy atom. The Labute approximate surface area is 120 Å². The number of hydrogen-bond acceptors (Lipinski definition) is 6. The van der Waals surface area contributed by atoms with Crippen molar-refractivity contribution in [3.63, 3.8) is 0 Å². The molecule has 1 aromatic heterocycles. The maximum atomic E-state index is 12.2. The molecule has 2 N–H and O–H groups in total. The molecule has 0 aromatic carbocycles. The van der Waals surface area contributed by atoms with Crippen LogP contribution in [-0.4, -0.2) is 57.1 Å². The molecule has 0 radical (unpaired) electrons. The van der Waals surface area contributed by atoms with Crippen LogP contribution < -0.4 is 0 Å². The fraction of sp³-hybridized carbons (Fsp3) is 0.667. The molecule has 2 heterocycles. The third-order valence-electron chi connectivity index (χ3n) is 3.60. The summed E-state index contributed by atoms with van der Waals surface area (Å²) < 4.78 is 0.853. The zero-order valence-electron chi connectivity index (χ0n) is 11.0. The Hall–Kier alpha value is -0.630. The fourth-order valence-electron chi connectivity index (χ4n) is 2.17. The summed E-state index contributed by atoms with van der Waals surface area (Å²) in [7, 11) is 0. The van der Waals surface area contributed by atoms with Crippen molar-refractivity contribution in [1.82, 2.24) is 9.88 Å². The van der Waals surface area contributed by atoms with Crippen molar-refractivity contribution in [3.8, 4) is 0 Å². The number of aliphatic hydroxyl groups excluding tert-OH is 1. The molecule has 0 aliphatic carbocycles. The van der Waals surface area contributed by atoms with Crippen LogP contribution in [0.4, 0.5) is 0 Å². The molecule has 1 amide bonds. The summed E-state index contributed by atoms with van der Waals surface area (Å²) in [4.78, 5) is 18.0. The molecular formula is C12H18N2O3S2. The van der Waals surface area contributed by atoms with Crippen LogP contribution in [0, 0.1) is 0 Å². The lowest BCUT2D eigenvalue weighted by molar-refractivity contribution is -0.114. The minimum absolute atomic E-state index is 0.162. The molecule has 1 aromatic rings. The number of likely N-dealkylation sites (tertiary alicyclic amines) is 1. The van der Waals surface area contributed by atoms with Crippen LogP contribution in [0.3, 0.4) is 0 Å². The highest BCUT2D eigenvalue weighted by Gasteiger charge is 2.40. The molecule has 19 heavy (non-hydrogen) atoms. The molecule has 1 aliphatic heterocycles. The van der Waals surface area contributed by atoms with Gasteiger partial charge in [-0.05, 0) is 19.1 Å².